The molecule has 0 radical (unpaired) electrons. The molecule has 4 aromatic rings. The van der Waals surface area contributed by atoms with E-state index in [1.807, 2.05) is 66.9 Å². The highest BCUT2D eigenvalue weighted by molar-refractivity contribution is 7.99. The fraction of sp³-hybridized carbons (Fsp3) is 0.130. The van der Waals surface area contributed by atoms with Gasteiger partial charge in [-0.25, -0.2) is 4.98 Å². The van der Waals surface area contributed by atoms with Crippen molar-refractivity contribution in [3.63, 3.8) is 0 Å². The third kappa shape index (κ3) is 4.83. The average Bonchev–Trinajstić information content (AvgIpc) is 3.10. The van der Waals surface area contributed by atoms with Crippen LogP contribution in [0.4, 0.5) is 5.69 Å². The first-order chi connectivity index (χ1) is 14.2. The summed E-state index contributed by atoms with van der Waals surface area (Å²) < 4.78 is 2.18. The normalized spacial score (nSPS) is 10.9. The van der Waals surface area contributed by atoms with E-state index in [-0.39, 0.29) is 5.91 Å². The molecule has 0 aliphatic rings. The second-order valence-electron chi connectivity index (χ2n) is 6.52. The van der Waals surface area contributed by atoms with Crippen LogP contribution in [0.5, 0.6) is 0 Å². The summed E-state index contributed by atoms with van der Waals surface area (Å²) in [5, 5.41) is 3.83. The number of hydrogen-bond donors (Lipinski definition) is 1. The van der Waals surface area contributed by atoms with E-state index in [4.69, 9.17) is 4.98 Å². The molecule has 1 aromatic heterocycles. The maximum atomic E-state index is 12.5. The van der Waals surface area contributed by atoms with Crippen molar-refractivity contribution < 1.29 is 4.79 Å². The molecule has 0 spiro atoms. The minimum absolute atomic E-state index is 0.0356. The monoisotopic (exact) mass is 419 g/mol. The van der Waals surface area contributed by atoms with Crippen molar-refractivity contribution in [2.24, 2.45) is 0 Å². The van der Waals surface area contributed by atoms with E-state index in [0.29, 0.717) is 5.75 Å². The van der Waals surface area contributed by atoms with Gasteiger partial charge < -0.3 is 9.88 Å². The molecule has 0 saturated heterocycles. The molecule has 29 heavy (non-hydrogen) atoms. The van der Waals surface area contributed by atoms with Crippen LogP contribution in [0, 0.1) is 0 Å². The number of carbonyl (C=O) groups excluding carboxylic acids is 1. The van der Waals surface area contributed by atoms with Crippen molar-refractivity contribution in [2.75, 3.05) is 17.3 Å². The molecule has 1 amide bonds. The first-order valence-corrected chi connectivity index (χ1v) is 11.5. The fourth-order valence-electron chi connectivity index (χ4n) is 3.11. The van der Waals surface area contributed by atoms with Gasteiger partial charge in [0.2, 0.25) is 5.91 Å². The Hall–Kier alpha value is -2.70. The summed E-state index contributed by atoms with van der Waals surface area (Å²) in [5.41, 5.74) is 4.04. The van der Waals surface area contributed by atoms with E-state index in [1.54, 1.807) is 11.8 Å². The summed E-state index contributed by atoms with van der Waals surface area (Å²) in [7, 11) is 0. The van der Waals surface area contributed by atoms with Crippen LogP contribution in [0.2, 0.25) is 0 Å². The molecule has 146 valence electrons. The molecule has 0 aliphatic carbocycles. The van der Waals surface area contributed by atoms with Gasteiger partial charge in [-0.3, -0.25) is 4.79 Å². The van der Waals surface area contributed by atoms with Crippen LogP contribution < -0.4 is 5.32 Å². The standard InChI is InChI=1S/C23H21N3OS2/c1-28-19-11-7-10-18(14-19)24-22(27)16-29-23-25-20-12-5-6-13-21(20)26(23)15-17-8-3-2-4-9-17/h2-14H,15-16H2,1H3,(H,24,27). The average molecular weight is 420 g/mol. The molecule has 0 bridgehead atoms. The Bertz CT molecular complexity index is 1130. The molecular weight excluding hydrogens is 398 g/mol. The van der Waals surface area contributed by atoms with Gasteiger partial charge in [-0.05, 0) is 42.2 Å². The number of nitrogens with one attached hydrogen (secondary N) is 1. The van der Waals surface area contributed by atoms with Gasteiger partial charge in [-0.2, -0.15) is 0 Å². The van der Waals surface area contributed by atoms with Gasteiger partial charge in [-0.15, -0.1) is 11.8 Å². The predicted molar refractivity (Wildman–Crippen MR) is 123 cm³/mol. The number of anilines is 1. The van der Waals surface area contributed by atoms with Gasteiger partial charge in [0, 0.05) is 10.6 Å². The van der Waals surface area contributed by atoms with Gasteiger partial charge in [0.1, 0.15) is 0 Å². The number of fused-ring (bicyclic) bond motifs is 1. The highest BCUT2D eigenvalue weighted by atomic mass is 32.2. The van der Waals surface area contributed by atoms with Crippen LogP contribution in [-0.4, -0.2) is 27.5 Å². The molecule has 0 atom stereocenters. The zero-order valence-electron chi connectivity index (χ0n) is 16.0. The first-order valence-electron chi connectivity index (χ1n) is 9.29. The van der Waals surface area contributed by atoms with E-state index in [1.165, 1.54) is 17.3 Å². The number of rotatable bonds is 7. The minimum atomic E-state index is -0.0356. The number of imidazole rings is 1. The topological polar surface area (TPSA) is 46.9 Å². The Morgan fingerprint density at radius 3 is 2.62 bits per heavy atom. The summed E-state index contributed by atoms with van der Waals surface area (Å²) in [6.45, 7) is 0.723. The van der Waals surface area contributed by atoms with Crippen molar-refractivity contribution in [3.8, 4) is 0 Å². The molecule has 0 unspecified atom stereocenters. The van der Waals surface area contributed by atoms with Gasteiger partial charge in [0.05, 0.1) is 23.3 Å². The summed E-state index contributed by atoms with van der Waals surface area (Å²) in [5.74, 6) is 0.272. The maximum absolute atomic E-state index is 12.5. The smallest absolute Gasteiger partial charge is 0.234 e. The highest BCUT2D eigenvalue weighted by Gasteiger charge is 2.13. The zero-order valence-corrected chi connectivity index (χ0v) is 17.7. The maximum Gasteiger partial charge on any atom is 0.234 e. The number of hydrogen-bond acceptors (Lipinski definition) is 4. The third-order valence-corrected chi connectivity index (χ3v) is 6.19. The summed E-state index contributed by atoms with van der Waals surface area (Å²) in [6.07, 6.45) is 2.02. The molecule has 6 heteroatoms. The number of carbonyl (C=O) groups is 1. The number of nitrogens with zero attached hydrogens (tertiary/aromatic N) is 2. The van der Waals surface area contributed by atoms with Crippen LogP contribution in [0.15, 0.2) is 88.9 Å². The van der Waals surface area contributed by atoms with Gasteiger partial charge >= 0.3 is 0 Å². The van der Waals surface area contributed by atoms with Crippen LogP contribution in [-0.2, 0) is 11.3 Å². The summed E-state index contributed by atoms with van der Waals surface area (Å²) >= 11 is 3.12. The quantitative estimate of drug-likeness (QED) is 0.400. The first kappa shape index (κ1) is 19.6. The molecule has 1 heterocycles. The molecule has 1 N–H and O–H groups in total. The van der Waals surface area contributed by atoms with Crippen LogP contribution >= 0.6 is 23.5 Å². The van der Waals surface area contributed by atoms with Crippen LogP contribution in [0.25, 0.3) is 11.0 Å². The second-order valence-corrected chi connectivity index (χ2v) is 8.35. The van der Waals surface area contributed by atoms with Crippen LogP contribution in [0.1, 0.15) is 5.56 Å². The Morgan fingerprint density at radius 2 is 1.79 bits per heavy atom. The van der Waals surface area contributed by atoms with Crippen molar-refractivity contribution in [1.29, 1.82) is 0 Å². The lowest BCUT2D eigenvalue weighted by Crippen LogP contribution is -2.14. The van der Waals surface area contributed by atoms with E-state index < -0.39 is 0 Å². The Balaban J connectivity index is 1.51. The van der Waals surface area contributed by atoms with Crippen molar-refractivity contribution in [2.45, 2.75) is 16.6 Å². The van der Waals surface area contributed by atoms with Crippen LogP contribution in [0.3, 0.4) is 0 Å². The number of thioether (sulfide) groups is 2. The SMILES string of the molecule is CSc1cccc(NC(=O)CSc2nc3ccccc3n2Cc2ccccc2)c1. The minimum Gasteiger partial charge on any atom is -0.325 e. The van der Waals surface area contributed by atoms with Crippen molar-refractivity contribution in [3.05, 3.63) is 84.4 Å². The lowest BCUT2D eigenvalue weighted by atomic mass is 10.2. The largest absolute Gasteiger partial charge is 0.325 e. The molecule has 0 aliphatic heterocycles. The third-order valence-electron chi connectivity index (χ3n) is 4.49. The summed E-state index contributed by atoms with van der Waals surface area (Å²) in [4.78, 5) is 18.4. The van der Waals surface area contributed by atoms with Crippen molar-refractivity contribution >= 4 is 46.2 Å². The van der Waals surface area contributed by atoms with E-state index in [0.717, 1.165) is 33.3 Å². The lowest BCUT2D eigenvalue weighted by Gasteiger charge is -2.10. The molecular formula is C23H21N3OS2. The Morgan fingerprint density at radius 1 is 1.00 bits per heavy atom. The predicted octanol–water partition coefficient (Wildman–Crippen LogP) is 5.54. The zero-order chi connectivity index (χ0) is 20.1. The fourth-order valence-corrected chi connectivity index (χ4v) is 4.38. The number of amides is 1. The Kier molecular flexibility index (Phi) is 6.22. The molecule has 4 nitrogen and oxygen atoms in total. The number of para-hydroxylation sites is 2. The molecule has 0 saturated carbocycles. The van der Waals surface area contributed by atoms with E-state index in [9.17, 15) is 4.79 Å². The number of benzene rings is 3. The highest BCUT2D eigenvalue weighted by Crippen LogP contribution is 2.26. The van der Waals surface area contributed by atoms with Gasteiger partial charge in [0.25, 0.3) is 0 Å². The van der Waals surface area contributed by atoms with E-state index in [2.05, 4.69) is 28.1 Å². The van der Waals surface area contributed by atoms with Crippen molar-refractivity contribution in [1.82, 2.24) is 9.55 Å². The molecule has 4 rings (SSSR count). The Labute approximate surface area is 178 Å². The summed E-state index contributed by atoms with van der Waals surface area (Å²) in [6, 6.07) is 26.3. The van der Waals surface area contributed by atoms with Gasteiger partial charge in [0.15, 0.2) is 5.16 Å². The lowest BCUT2D eigenvalue weighted by molar-refractivity contribution is -0.113. The second kappa shape index (κ2) is 9.20. The molecule has 0 fully saturated rings. The number of aromatic nitrogens is 2. The van der Waals surface area contributed by atoms with E-state index >= 15 is 0 Å². The molecule has 3 aromatic carbocycles. The van der Waals surface area contributed by atoms with Gasteiger partial charge in [-0.1, -0.05) is 60.3 Å².